The van der Waals surface area contributed by atoms with Crippen LogP contribution in [0.15, 0.2) is 18.5 Å². The molecule has 0 radical (unpaired) electrons. The lowest BCUT2D eigenvalue weighted by Crippen LogP contribution is -2.21. The minimum Gasteiger partial charge on any atom is -0.295 e. The summed E-state index contributed by atoms with van der Waals surface area (Å²) >= 11 is 0. The third-order valence-electron chi connectivity index (χ3n) is 4.45. The zero-order chi connectivity index (χ0) is 14.2. The molecule has 0 aliphatic carbocycles. The van der Waals surface area contributed by atoms with Crippen LogP contribution in [-0.4, -0.2) is 37.6 Å². The molecule has 21 heavy (non-hydrogen) atoms. The number of fused-ring (bicyclic) bond motifs is 1. The average molecular weight is 282 g/mol. The number of hydrogen-bond donors (Lipinski definition) is 0. The predicted molar refractivity (Wildman–Crippen MR) is 76.4 cm³/mol. The number of rotatable bonds is 3. The molecule has 4 rings (SSSR count). The molecule has 0 N–H and O–H groups in total. The molecular weight excluding hydrogens is 264 g/mol. The quantitative estimate of drug-likeness (QED) is 0.852. The van der Waals surface area contributed by atoms with Crippen molar-refractivity contribution in [3.8, 4) is 6.07 Å². The second-order valence-electron chi connectivity index (χ2n) is 5.95. The van der Waals surface area contributed by atoms with E-state index >= 15 is 0 Å². The van der Waals surface area contributed by atoms with Gasteiger partial charge in [0.2, 0.25) is 0 Å². The normalized spacial score (nSPS) is 21.6. The average Bonchev–Trinajstić information content (AvgIpc) is 3.21. The van der Waals surface area contributed by atoms with Crippen LogP contribution in [0, 0.1) is 11.3 Å². The van der Waals surface area contributed by atoms with E-state index in [9.17, 15) is 0 Å². The summed E-state index contributed by atoms with van der Waals surface area (Å²) in [6, 6.07) is 4.76. The number of nitriles is 1. The third kappa shape index (κ3) is 2.34. The van der Waals surface area contributed by atoms with Gasteiger partial charge in [-0.1, -0.05) is 0 Å². The number of hydrogen-bond acceptors (Lipinski definition) is 4. The summed E-state index contributed by atoms with van der Waals surface area (Å²) in [7, 11) is 0. The summed E-state index contributed by atoms with van der Waals surface area (Å²) < 4.78 is 4.08. The van der Waals surface area contributed by atoms with Crippen LogP contribution in [0.3, 0.4) is 0 Å². The molecule has 0 amide bonds. The first-order valence-corrected chi connectivity index (χ1v) is 7.54. The van der Waals surface area contributed by atoms with Gasteiger partial charge < -0.3 is 0 Å². The highest BCUT2D eigenvalue weighted by Gasteiger charge is 2.25. The number of nitrogens with zero attached hydrogens (tertiary/aromatic N) is 6. The Kier molecular flexibility index (Phi) is 3.00. The number of likely N-dealkylation sites (tertiary alicyclic amines) is 1. The Balaban J connectivity index is 1.40. The SMILES string of the molecule is N#Cc1cnn(C2CCN(Cc3cc4n(n3)CCC4)C2)c1. The van der Waals surface area contributed by atoms with Crippen molar-refractivity contribution in [2.75, 3.05) is 13.1 Å². The Hall–Kier alpha value is -2.13. The maximum Gasteiger partial charge on any atom is 0.102 e. The molecule has 2 aromatic heterocycles. The fourth-order valence-corrected chi connectivity index (χ4v) is 3.39. The first-order valence-electron chi connectivity index (χ1n) is 7.54. The molecule has 2 aliphatic heterocycles. The molecule has 4 heterocycles. The first kappa shape index (κ1) is 12.6. The van der Waals surface area contributed by atoms with E-state index in [0.29, 0.717) is 11.6 Å². The Labute approximate surface area is 123 Å². The minimum atomic E-state index is 0.376. The van der Waals surface area contributed by atoms with E-state index in [4.69, 9.17) is 5.26 Å². The van der Waals surface area contributed by atoms with Gasteiger partial charge >= 0.3 is 0 Å². The molecule has 2 aromatic rings. The van der Waals surface area contributed by atoms with Crippen LogP contribution in [0.1, 0.15) is 35.8 Å². The van der Waals surface area contributed by atoms with E-state index in [2.05, 4.69) is 31.9 Å². The monoisotopic (exact) mass is 282 g/mol. The van der Waals surface area contributed by atoms with Gasteiger partial charge in [0.25, 0.3) is 0 Å². The Bertz CT molecular complexity index is 670. The van der Waals surface area contributed by atoms with Crippen molar-refractivity contribution in [2.45, 2.75) is 38.4 Å². The van der Waals surface area contributed by atoms with Crippen molar-refractivity contribution in [1.29, 1.82) is 5.26 Å². The molecule has 0 spiro atoms. The summed E-state index contributed by atoms with van der Waals surface area (Å²) in [4.78, 5) is 2.43. The van der Waals surface area contributed by atoms with Gasteiger partial charge in [0, 0.05) is 38.1 Å². The summed E-state index contributed by atoms with van der Waals surface area (Å²) in [6.07, 6.45) is 6.97. The van der Waals surface area contributed by atoms with Crippen molar-refractivity contribution in [3.63, 3.8) is 0 Å². The zero-order valence-corrected chi connectivity index (χ0v) is 11.9. The Morgan fingerprint density at radius 1 is 1.38 bits per heavy atom. The maximum atomic E-state index is 8.87. The Morgan fingerprint density at radius 3 is 3.14 bits per heavy atom. The topological polar surface area (TPSA) is 62.7 Å². The van der Waals surface area contributed by atoms with Gasteiger partial charge in [0.1, 0.15) is 6.07 Å². The number of aryl methyl sites for hydroxylation is 2. The molecule has 0 aromatic carbocycles. The van der Waals surface area contributed by atoms with Crippen molar-refractivity contribution in [3.05, 3.63) is 35.4 Å². The van der Waals surface area contributed by atoms with Crippen LogP contribution in [0.2, 0.25) is 0 Å². The summed E-state index contributed by atoms with van der Waals surface area (Å²) in [6.45, 7) is 4.04. The fraction of sp³-hybridized carbons (Fsp3) is 0.533. The highest BCUT2D eigenvalue weighted by molar-refractivity contribution is 5.22. The summed E-state index contributed by atoms with van der Waals surface area (Å²) in [5.74, 6) is 0. The van der Waals surface area contributed by atoms with Crippen LogP contribution >= 0.6 is 0 Å². The fourth-order valence-electron chi connectivity index (χ4n) is 3.39. The van der Waals surface area contributed by atoms with Gasteiger partial charge in [0.05, 0.1) is 23.5 Å². The molecule has 0 bridgehead atoms. The smallest absolute Gasteiger partial charge is 0.102 e. The third-order valence-corrected chi connectivity index (χ3v) is 4.45. The Morgan fingerprint density at radius 2 is 2.33 bits per heavy atom. The van der Waals surface area contributed by atoms with Crippen LogP contribution in [0.5, 0.6) is 0 Å². The maximum absolute atomic E-state index is 8.87. The standard InChI is InChI=1S/C15H18N6/c16-7-12-8-17-21(9-12)15-3-5-19(11-15)10-13-6-14-2-1-4-20(14)18-13/h6,8-9,15H,1-5,10-11H2. The highest BCUT2D eigenvalue weighted by atomic mass is 15.3. The van der Waals surface area contributed by atoms with E-state index < -0.39 is 0 Å². The molecule has 6 heteroatoms. The van der Waals surface area contributed by atoms with E-state index in [0.717, 1.165) is 32.6 Å². The van der Waals surface area contributed by atoms with Gasteiger partial charge in [-0.05, 0) is 25.3 Å². The van der Waals surface area contributed by atoms with Gasteiger partial charge in [-0.3, -0.25) is 14.3 Å². The van der Waals surface area contributed by atoms with Gasteiger partial charge in [-0.25, -0.2) is 0 Å². The zero-order valence-electron chi connectivity index (χ0n) is 11.9. The van der Waals surface area contributed by atoms with Gasteiger partial charge in [-0.2, -0.15) is 15.5 Å². The summed E-state index contributed by atoms with van der Waals surface area (Å²) in [5, 5.41) is 17.9. The van der Waals surface area contributed by atoms with Crippen molar-refractivity contribution in [2.24, 2.45) is 0 Å². The lowest BCUT2D eigenvalue weighted by molar-refractivity contribution is 0.307. The molecule has 108 valence electrons. The second kappa shape index (κ2) is 5.01. The van der Waals surface area contributed by atoms with Gasteiger partial charge in [0.15, 0.2) is 0 Å². The van der Waals surface area contributed by atoms with Crippen molar-refractivity contribution < 1.29 is 0 Å². The molecule has 0 saturated carbocycles. The van der Waals surface area contributed by atoms with E-state index in [1.54, 1.807) is 6.20 Å². The van der Waals surface area contributed by atoms with E-state index in [1.165, 1.54) is 24.2 Å². The predicted octanol–water partition coefficient (Wildman–Crippen LogP) is 1.34. The van der Waals surface area contributed by atoms with E-state index in [-0.39, 0.29) is 0 Å². The van der Waals surface area contributed by atoms with Gasteiger partial charge in [-0.15, -0.1) is 0 Å². The first-order chi connectivity index (χ1) is 10.3. The highest BCUT2D eigenvalue weighted by Crippen LogP contribution is 2.23. The largest absolute Gasteiger partial charge is 0.295 e. The van der Waals surface area contributed by atoms with Crippen molar-refractivity contribution >= 4 is 0 Å². The summed E-state index contributed by atoms with van der Waals surface area (Å²) in [5.41, 5.74) is 3.20. The lowest BCUT2D eigenvalue weighted by Gasteiger charge is -2.14. The van der Waals surface area contributed by atoms with Crippen LogP contribution in [-0.2, 0) is 19.5 Å². The minimum absolute atomic E-state index is 0.376. The molecular formula is C15H18N6. The van der Waals surface area contributed by atoms with Crippen LogP contribution in [0.25, 0.3) is 0 Å². The second-order valence-corrected chi connectivity index (χ2v) is 5.95. The van der Waals surface area contributed by atoms with E-state index in [1.807, 2.05) is 10.9 Å². The molecule has 1 atom stereocenters. The van der Waals surface area contributed by atoms with Crippen LogP contribution in [0.4, 0.5) is 0 Å². The molecule has 1 unspecified atom stereocenters. The lowest BCUT2D eigenvalue weighted by atomic mass is 10.2. The number of aromatic nitrogens is 4. The van der Waals surface area contributed by atoms with Crippen molar-refractivity contribution in [1.82, 2.24) is 24.5 Å². The molecule has 1 saturated heterocycles. The van der Waals surface area contributed by atoms with Crippen LogP contribution < -0.4 is 0 Å². The molecule has 2 aliphatic rings. The molecule has 1 fully saturated rings. The molecule has 6 nitrogen and oxygen atoms in total.